The van der Waals surface area contributed by atoms with Crippen LogP contribution in [0.5, 0.6) is 0 Å². The van der Waals surface area contributed by atoms with Gasteiger partial charge in [0.2, 0.25) is 0 Å². The van der Waals surface area contributed by atoms with Gasteiger partial charge < -0.3 is 119 Å². The maximum Gasteiger partial charge on any atom is 1.00 e. The van der Waals surface area contributed by atoms with Gasteiger partial charge in [0.05, 0.1) is 193 Å². The summed E-state index contributed by atoms with van der Waals surface area (Å²) in [4.78, 5) is 95.7. The number of carbonyl (C=O) groups is 5. The molecule has 7 aromatic rings. The number of nitrogens with zero attached hydrogens (tertiary/aromatic N) is 10. The number of rotatable bonds is 23. The summed E-state index contributed by atoms with van der Waals surface area (Å²) in [6, 6.07) is 34.8. The molecule has 10 heterocycles. The van der Waals surface area contributed by atoms with Crippen LogP contribution in [-0.4, -0.2) is 325 Å². The van der Waals surface area contributed by atoms with E-state index in [-0.39, 0.29) is 149 Å². The molecule has 10 aliphatic rings. The fourth-order valence-electron chi connectivity index (χ4n) is 14.8. The van der Waals surface area contributed by atoms with Crippen LogP contribution in [0, 0.1) is 34.9 Å². The molecule has 138 heavy (non-hydrogen) atoms. The molecule has 36 nitrogen and oxygen atoms in total. The molecule has 4 amide bonds. The van der Waals surface area contributed by atoms with Crippen molar-refractivity contribution < 1.29 is 188 Å². The fourth-order valence-corrected chi connectivity index (χ4v) is 15.5. The summed E-state index contributed by atoms with van der Waals surface area (Å²) in [6.45, 7) is 17.1. The average Bonchev–Trinajstić information content (AvgIpc) is 1.73. The normalized spacial score (nSPS) is 19.3. The second kappa shape index (κ2) is 58.3. The zero-order valence-electron chi connectivity index (χ0n) is 77.4. The van der Waals surface area contributed by atoms with E-state index in [0.29, 0.717) is 231 Å². The Hall–Kier alpha value is -9.09. The van der Waals surface area contributed by atoms with Crippen molar-refractivity contribution in [1.82, 2.24) is 6.15 Å². The van der Waals surface area contributed by atoms with E-state index in [9.17, 15) is 73.4 Å². The van der Waals surface area contributed by atoms with E-state index >= 15 is 0 Å². The molecule has 47 heteroatoms. The van der Waals surface area contributed by atoms with Crippen molar-refractivity contribution in [2.75, 3.05) is 293 Å². The smallest absolute Gasteiger partial charge is 0.462 e. The maximum atomic E-state index is 14.5. The van der Waals surface area contributed by atoms with E-state index in [1.165, 1.54) is 75.1 Å². The van der Waals surface area contributed by atoms with Gasteiger partial charge in [-0.1, -0.05) is 22.6 Å². The van der Waals surface area contributed by atoms with Gasteiger partial charge in [-0.05, 0) is 127 Å². The molecule has 0 bridgehead atoms. The second-order valence-corrected chi connectivity index (χ2v) is 33.3. The van der Waals surface area contributed by atoms with Crippen molar-refractivity contribution in [1.29, 1.82) is 0 Å². The summed E-state index contributed by atoms with van der Waals surface area (Å²) in [7, 11) is -3.62. The standard InChI is InChI=1S/C16H19FN2O5.C15H19FN2O6S.C14H16ClFN2O3.C14H17FN2O4.C13H18ClFN2O2.C10H13FN2O.C8H4O2.CH3I.K.H3N/c1-11(20)23-10-13-9-19(16(21)24-13)12-2-3-15(14(17)8-12)18-4-6-22-7-5-18;1-25(20,21)23-10-12-9-18(15(19)24-12)11-2-3-14(13(16)8-11)17-4-6-22-7-5-17;15-8-11-9-18(14(19)21-11)10-1-2-13(12(16)7-10)17-3-5-20-6-4-17;15-12-7-10(17-8-11(9-18)21-14(17)19)1-2-13(12)16-3-5-20-6-4-16;14-8-11(18)9-16-10-1-2-13(12(15)7-10)17-3-5-19-6-4-17;11-9-7-8(12)1-2-10(9)13-3-5-14-6-4-13;9-5-7-3-1-2-4-8(7)6-10;1-2;;/h2-3,8,13H,4-7,9-10H2,1H3;2-3,8,12H,4-7,9-10H2,1H3;1-2,7,11H,3-6,8-9H2;1-2,7,11,18H,3-6,8-9H2;1-2,7,11,16,18H,3-6,8-9H2;1-2,7H,3-6,12H2;1-4H;1H3;;1H3/q;;;;;;-2;;+1;/t13-;12-;3*11-;;;;;/m11010...../s1/i;;;;;;;1D;;. The van der Waals surface area contributed by atoms with Crippen molar-refractivity contribution in [3.8, 4) is 0 Å². The molecule has 0 spiro atoms. The number of ether oxygens (including phenoxy) is 11. The van der Waals surface area contributed by atoms with Gasteiger partial charge in [0.15, 0.2) is 6.10 Å². The molecule has 8 N–H and O–H groups in total. The van der Waals surface area contributed by atoms with Crippen LogP contribution < -0.4 is 118 Å². The number of benzene rings is 7. The monoisotopic (exact) mass is 2140 g/mol. The van der Waals surface area contributed by atoms with Crippen LogP contribution in [0.15, 0.2) is 133 Å². The van der Waals surface area contributed by atoms with Gasteiger partial charge in [0, 0.05) is 105 Å². The Labute approximate surface area is 863 Å². The first-order chi connectivity index (χ1) is 66.0. The van der Waals surface area contributed by atoms with E-state index in [0.717, 1.165) is 19.3 Å². The van der Waals surface area contributed by atoms with Gasteiger partial charge in [-0.2, -0.15) is 8.42 Å². The summed E-state index contributed by atoms with van der Waals surface area (Å²) in [6.07, 6.45) is -0.930. The number of carbonyl (C=O) groups excluding carboxylic acids is 7. The summed E-state index contributed by atoms with van der Waals surface area (Å²) in [5.41, 5.74) is 12.0. The van der Waals surface area contributed by atoms with Crippen molar-refractivity contribution in [3.05, 3.63) is 179 Å². The summed E-state index contributed by atoms with van der Waals surface area (Å²) < 4.78 is 174. The Bertz CT molecular complexity index is 5110. The molecule has 0 aliphatic carbocycles. The molecule has 10 aliphatic heterocycles. The Morgan fingerprint density at radius 1 is 0.486 bits per heavy atom. The third-order valence-electron chi connectivity index (χ3n) is 21.7. The van der Waals surface area contributed by atoms with Gasteiger partial charge in [0.1, 0.15) is 66.4 Å². The Morgan fingerprint density at radius 2 is 0.768 bits per heavy atom. The number of cyclic esters (lactones) is 4. The number of nitrogens with two attached hydrogens (primary N) is 1. The van der Waals surface area contributed by atoms with E-state index < -0.39 is 76.5 Å². The molecule has 0 unspecified atom stereocenters. The van der Waals surface area contributed by atoms with E-state index in [1.807, 2.05) is 52.0 Å². The van der Waals surface area contributed by atoms with Crippen LogP contribution in [0.3, 0.4) is 0 Å². The fraction of sp³-hybridized carbons (Fsp3) is 0.462. The van der Waals surface area contributed by atoms with Crippen molar-refractivity contribution in [2.45, 2.75) is 37.4 Å². The summed E-state index contributed by atoms with van der Waals surface area (Å²) >= 11 is 13.1. The molecule has 0 radical (unpaired) electrons. The molecule has 0 saturated carbocycles. The van der Waals surface area contributed by atoms with Gasteiger partial charge >= 0.3 is 81.7 Å². The number of nitrogen functional groups attached to an aromatic ring is 1. The van der Waals surface area contributed by atoms with Crippen molar-refractivity contribution in [3.63, 3.8) is 0 Å². The van der Waals surface area contributed by atoms with Gasteiger partial charge in [-0.25, -0.2) is 57.7 Å². The SMILES string of the molecule is CC(=O)OC[C@H]1CN(c2ccc(N3CCOCC3)c(F)c2)C(=O)O1.CS(=O)(=O)OC[C@H]1CN(c2ccc(N3CCOCC3)c(F)c2)C(=O)O1.N.Nc1ccc(N2CCOCC2)c(F)c1.O=C1O[C@@H](CCl)CN1c1ccc(N2CCOCC2)c(F)c1.O=C1O[C@@H](CO)CN1c1ccc(N2CCOCC2)c(F)c1.O=[C-]c1ccccc1[C-]=O.O[C@@H](CCl)CNc1ccc(N2CCOCC2)c(F)c1.[2H]CI.[K+]. The van der Waals surface area contributed by atoms with Crippen molar-refractivity contribution in [2.24, 2.45) is 0 Å². The van der Waals surface area contributed by atoms with Gasteiger partial charge in [-0.15, -0.1) is 35.3 Å². The molecular formula is C91H112Cl2F6IKN13O23S-. The first kappa shape index (κ1) is 113. The number of aliphatic hydroxyl groups excluding tert-OH is 2. The number of hydrogen-bond acceptors (Lipinski definition) is 32. The summed E-state index contributed by atoms with van der Waals surface area (Å²) in [5, 5.41) is 21.3. The predicted molar refractivity (Wildman–Crippen MR) is 513 cm³/mol. The second-order valence-electron chi connectivity index (χ2n) is 31.0. The zero-order valence-corrected chi connectivity index (χ0v) is 84.0. The quantitative estimate of drug-likeness (QED) is 0.00477. The molecule has 7 aromatic carbocycles. The average molecular weight is 2140 g/mol. The topological polar surface area (TPSA) is 410 Å². The van der Waals surface area contributed by atoms with Crippen LogP contribution in [0.25, 0.3) is 0 Å². The minimum Gasteiger partial charge on any atom is -0.462 e. The van der Waals surface area contributed by atoms with Gasteiger partial charge in [0.25, 0.3) is 10.1 Å². The minimum absolute atomic E-state index is 0. The molecule has 10 fully saturated rings. The maximum absolute atomic E-state index is 14.5. The van der Waals surface area contributed by atoms with E-state index in [4.69, 9.17) is 87.5 Å². The first-order valence-electron chi connectivity index (χ1n) is 44.0. The minimum atomic E-state index is -3.62. The predicted octanol–water partition coefficient (Wildman–Crippen LogP) is 7.46. The van der Waals surface area contributed by atoms with E-state index in [1.54, 1.807) is 97.5 Å². The molecule has 750 valence electrons. The number of alkyl halides is 3. The van der Waals surface area contributed by atoms with Crippen LogP contribution in [0.4, 0.5) is 114 Å². The number of anilines is 12. The van der Waals surface area contributed by atoms with Crippen LogP contribution in [0.2, 0.25) is 0 Å². The first-order valence-corrected chi connectivity index (χ1v) is 47.7. The molecule has 0 aromatic heterocycles. The van der Waals surface area contributed by atoms with E-state index in [2.05, 4.69) is 9.50 Å². The Balaban J connectivity index is 0.000000200. The third-order valence-corrected chi connectivity index (χ3v) is 22.9. The third kappa shape index (κ3) is 34.4. The van der Waals surface area contributed by atoms with Crippen LogP contribution in [0.1, 0.15) is 19.4 Å². The van der Waals surface area contributed by atoms with Gasteiger partial charge in [-0.3, -0.25) is 39.7 Å². The van der Waals surface area contributed by atoms with Crippen LogP contribution in [-0.2, 0) is 80.8 Å². The van der Waals surface area contributed by atoms with Crippen molar-refractivity contribution >= 4 is 167 Å². The number of nitrogens with one attached hydrogen (secondary N) is 1. The van der Waals surface area contributed by atoms with Crippen LogP contribution >= 0.6 is 45.8 Å². The Kier molecular flexibility index (Phi) is 47.6. The molecule has 10 saturated heterocycles. The zero-order chi connectivity index (χ0) is 98.5. The number of halogens is 9. The largest absolute Gasteiger partial charge is 1.00 e. The molecule has 5 atom stereocenters. The number of hydrogen-bond donors (Lipinski definition) is 5. The number of aliphatic hydroxyl groups is 2. The number of esters is 1. The molecule has 17 rings (SSSR count). The number of morpholine rings is 6. The number of amides is 4. The molecular weight excluding hydrogens is 2030 g/mol. The Morgan fingerprint density at radius 3 is 1.04 bits per heavy atom. The summed E-state index contributed by atoms with van der Waals surface area (Å²) in [5.74, 6) is -2.15.